The van der Waals surface area contributed by atoms with Gasteiger partial charge in [0.1, 0.15) is 0 Å². The second-order valence-corrected chi connectivity index (χ2v) is 7.83. The number of hydrogen-bond donors (Lipinski definition) is 2. The van der Waals surface area contributed by atoms with Gasteiger partial charge in [-0.25, -0.2) is 4.98 Å². The van der Waals surface area contributed by atoms with Crippen molar-refractivity contribution in [1.82, 2.24) is 9.55 Å². The topological polar surface area (TPSA) is 72.9 Å². The van der Waals surface area contributed by atoms with Crippen molar-refractivity contribution < 1.29 is 18.0 Å². The van der Waals surface area contributed by atoms with E-state index in [2.05, 4.69) is 10.3 Å². The Morgan fingerprint density at radius 2 is 2.00 bits per heavy atom. The van der Waals surface area contributed by atoms with Crippen molar-refractivity contribution in [2.75, 3.05) is 5.32 Å². The van der Waals surface area contributed by atoms with Crippen LogP contribution in [0.25, 0.3) is 11.4 Å². The van der Waals surface area contributed by atoms with Crippen LogP contribution in [0.1, 0.15) is 41.0 Å². The van der Waals surface area contributed by atoms with Gasteiger partial charge in [-0.15, -0.1) is 11.3 Å². The predicted molar refractivity (Wildman–Crippen MR) is 108 cm³/mol. The Labute approximate surface area is 170 Å². The first-order chi connectivity index (χ1) is 13.6. The molecule has 0 bridgehead atoms. The summed E-state index contributed by atoms with van der Waals surface area (Å²) in [6.45, 7) is 5.56. The van der Waals surface area contributed by atoms with Crippen LogP contribution in [0.4, 0.5) is 18.3 Å². The molecule has 29 heavy (non-hydrogen) atoms. The maximum absolute atomic E-state index is 13.4. The van der Waals surface area contributed by atoms with Crippen molar-refractivity contribution in [2.24, 2.45) is 5.73 Å². The molecule has 5 nitrogen and oxygen atoms in total. The maximum Gasteiger partial charge on any atom is 0.416 e. The Balaban J connectivity index is 2.10. The molecule has 1 amide bonds. The maximum atomic E-state index is 13.4. The van der Waals surface area contributed by atoms with Gasteiger partial charge in [-0.1, -0.05) is 18.2 Å². The van der Waals surface area contributed by atoms with Crippen LogP contribution >= 0.6 is 11.3 Å². The summed E-state index contributed by atoms with van der Waals surface area (Å²) in [5.41, 5.74) is 6.74. The van der Waals surface area contributed by atoms with Gasteiger partial charge in [0.2, 0.25) is 0 Å². The second-order valence-electron chi connectivity index (χ2n) is 6.97. The summed E-state index contributed by atoms with van der Waals surface area (Å²) in [7, 11) is 0. The minimum absolute atomic E-state index is 0.0609. The largest absolute Gasteiger partial charge is 0.416 e. The fourth-order valence-electron chi connectivity index (χ4n) is 3.12. The van der Waals surface area contributed by atoms with E-state index in [1.54, 1.807) is 29.0 Å². The van der Waals surface area contributed by atoms with E-state index in [-0.39, 0.29) is 23.7 Å². The van der Waals surface area contributed by atoms with Gasteiger partial charge in [0.15, 0.2) is 5.13 Å². The third kappa shape index (κ3) is 4.45. The number of alkyl halides is 3. The number of carbonyl (C=O) groups excluding carboxylic acids is 1. The van der Waals surface area contributed by atoms with Crippen LogP contribution in [-0.2, 0) is 12.7 Å². The average molecular weight is 422 g/mol. The number of primary amides is 1. The van der Waals surface area contributed by atoms with Gasteiger partial charge in [-0.2, -0.15) is 13.2 Å². The highest BCUT2D eigenvalue weighted by Crippen LogP contribution is 2.34. The molecular formula is C20H21F3N4OS. The van der Waals surface area contributed by atoms with Crippen LogP contribution in [0.15, 0.2) is 35.7 Å². The van der Waals surface area contributed by atoms with Crippen LogP contribution in [0.2, 0.25) is 0 Å². The molecule has 0 atom stereocenters. The number of nitrogens with one attached hydrogen (secondary N) is 1. The number of nitrogens with two attached hydrogens (primary N) is 1. The van der Waals surface area contributed by atoms with Crippen LogP contribution in [0.3, 0.4) is 0 Å². The minimum Gasteiger partial charge on any atom is -0.366 e. The first-order valence-corrected chi connectivity index (χ1v) is 9.83. The van der Waals surface area contributed by atoms with Gasteiger partial charge in [-0.3, -0.25) is 4.79 Å². The summed E-state index contributed by atoms with van der Waals surface area (Å²) < 4.78 is 41.9. The zero-order valence-electron chi connectivity index (χ0n) is 16.2. The number of amides is 1. The summed E-state index contributed by atoms with van der Waals surface area (Å²) in [4.78, 5) is 16.4. The molecule has 9 heteroatoms. The highest BCUT2D eigenvalue weighted by Gasteiger charge is 2.33. The van der Waals surface area contributed by atoms with E-state index in [1.807, 2.05) is 13.8 Å². The molecule has 0 fully saturated rings. The van der Waals surface area contributed by atoms with E-state index in [4.69, 9.17) is 5.73 Å². The fourth-order valence-corrected chi connectivity index (χ4v) is 3.97. The predicted octanol–water partition coefficient (Wildman–Crippen LogP) is 4.91. The lowest BCUT2D eigenvalue weighted by Crippen LogP contribution is -2.15. The number of nitrogens with zero attached hydrogens (tertiary/aromatic N) is 2. The number of thiazole rings is 1. The SMILES string of the molecule is Cc1c(C(N)=O)cc(-c2csc(NC(C)C)n2)n1Cc1ccccc1C(F)(F)F. The van der Waals surface area contributed by atoms with Crippen molar-refractivity contribution >= 4 is 22.4 Å². The van der Waals surface area contributed by atoms with Crippen LogP contribution in [-0.4, -0.2) is 21.5 Å². The number of anilines is 1. The Kier molecular flexibility index (Phi) is 5.70. The molecule has 0 radical (unpaired) electrons. The minimum atomic E-state index is -4.47. The third-order valence-corrected chi connectivity index (χ3v) is 5.24. The number of rotatable bonds is 6. The van der Waals surface area contributed by atoms with Gasteiger partial charge in [0.05, 0.1) is 22.5 Å². The third-order valence-electron chi connectivity index (χ3n) is 4.46. The summed E-state index contributed by atoms with van der Waals surface area (Å²) in [5.74, 6) is -0.637. The lowest BCUT2D eigenvalue weighted by molar-refractivity contribution is -0.138. The van der Waals surface area contributed by atoms with Crippen molar-refractivity contribution in [2.45, 2.75) is 39.5 Å². The van der Waals surface area contributed by atoms with E-state index >= 15 is 0 Å². The Morgan fingerprint density at radius 1 is 1.31 bits per heavy atom. The van der Waals surface area contributed by atoms with E-state index in [0.29, 0.717) is 22.2 Å². The van der Waals surface area contributed by atoms with E-state index in [9.17, 15) is 18.0 Å². The van der Waals surface area contributed by atoms with E-state index < -0.39 is 17.6 Å². The molecular weight excluding hydrogens is 401 g/mol. The monoisotopic (exact) mass is 422 g/mol. The quantitative estimate of drug-likeness (QED) is 0.593. The van der Waals surface area contributed by atoms with Gasteiger partial charge in [0, 0.05) is 23.7 Å². The average Bonchev–Trinajstić information content (AvgIpc) is 3.19. The Bertz CT molecular complexity index is 1040. The molecule has 2 heterocycles. The number of benzene rings is 1. The van der Waals surface area contributed by atoms with Crippen LogP contribution in [0.5, 0.6) is 0 Å². The molecule has 0 saturated carbocycles. The molecule has 3 aromatic rings. The van der Waals surface area contributed by atoms with Gasteiger partial charge >= 0.3 is 6.18 Å². The second kappa shape index (κ2) is 7.90. The van der Waals surface area contributed by atoms with Crippen molar-refractivity contribution in [3.05, 3.63) is 58.1 Å². The molecule has 0 spiro atoms. The molecule has 0 aliphatic rings. The molecule has 0 aliphatic heterocycles. The number of carbonyl (C=O) groups is 1. The standard InChI is InChI=1S/C20H21F3N4OS/c1-11(2)25-19-26-16(10-29-19)17-8-14(18(24)28)12(3)27(17)9-13-6-4-5-7-15(13)20(21,22)23/h4-8,10-11H,9H2,1-3H3,(H2,24,28)(H,25,26). The number of hydrogen-bond acceptors (Lipinski definition) is 4. The van der Waals surface area contributed by atoms with Gasteiger partial charge < -0.3 is 15.6 Å². The highest BCUT2D eigenvalue weighted by atomic mass is 32.1. The van der Waals surface area contributed by atoms with Crippen LogP contribution in [0, 0.1) is 6.92 Å². The molecule has 0 aliphatic carbocycles. The molecule has 0 saturated heterocycles. The molecule has 3 rings (SSSR count). The Hall–Kier alpha value is -2.81. The molecule has 3 N–H and O–H groups in total. The van der Waals surface area contributed by atoms with Crippen molar-refractivity contribution in [3.63, 3.8) is 0 Å². The zero-order valence-corrected chi connectivity index (χ0v) is 17.0. The first-order valence-electron chi connectivity index (χ1n) is 8.95. The molecule has 0 unspecified atom stereocenters. The van der Waals surface area contributed by atoms with E-state index in [0.717, 1.165) is 6.07 Å². The lowest BCUT2D eigenvalue weighted by atomic mass is 10.1. The van der Waals surface area contributed by atoms with Gasteiger partial charge in [-0.05, 0) is 38.5 Å². The summed E-state index contributed by atoms with van der Waals surface area (Å²) in [6, 6.07) is 7.17. The number of aromatic nitrogens is 2. The molecule has 154 valence electrons. The van der Waals surface area contributed by atoms with Crippen LogP contribution < -0.4 is 11.1 Å². The highest BCUT2D eigenvalue weighted by molar-refractivity contribution is 7.14. The smallest absolute Gasteiger partial charge is 0.366 e. The Morgan fingerprint density at radius 3 is 2.62 bits per heavy atom. The van der Waals surface area contributed by atoms with Crippen molar-refractivity contribution in [1.29, 1.82) is 0 Å². The van der Waals surface area contributed by atoms with Gasteiger partial charge in [0.25, 0.3) is 5.91 Å². The fraction of sp³-hybridized carbons (Fsp3) is 0.300. The molecule has 2 aromatic heterocycles. The zero-order chi connectivity index (χ0) is 21.3. The summed E-state index contributed by atoms with van der Waals surface area (Å²) in [5, 5.41) is 5.69. The first kappa shape index (κ1) is 20.9. The molecule has 1 aromatic carbocycles. The lowest BCUT2D eigenvalue weighted by Gasteiger charge is -2.16. The van der Waals surface area contributed by atoms with Crippen molar-refractivity contribution in [3.8, 4) is 11.4 Å². The normalized spacial score (nSPS) is 11.8. The summed E-state index contributed by atoms with van der Waals surface area (Å²) >= 11 is 1.39. The summed E-state index contributed by atoms with van der Waals surface area (Å²) in [6.07, 6.45) is -4.47. The number of halogens is 3. The van der Waals surface area contributed by atoms with E-state index in [1.165, 1.54) is 23.5 Å².